The molecule has 4 heteroatoms. The molecule has 0 bridgehead atoms. The molecule has 0 unspecified atom stereocenters. The van der Waals surface area contributed by atoms with Crippen molar-refractivity contribution >= 4 is 0 Å². The van der Waals surface area contributed by atoms with Gasteiger partial charge < -0.3 is 19.7 Å². The highest BCUT2D eigenvalue weighted by Gasteiger charge is 2.44. The smallest absolute Gasteiger partial charge is 0.119 e. The highest BCUT2D eigenvalue weighted by Crippen LogP contribution is 2.41. The van der Waals surface area contributed by atoms with Gasteiger partial charge in [0.2, 0.25) is 0 Å². The zero-order valence-corrected chi connectivity index (χ0v) is 20.4. The molecule has 4 nitrogen and oxygen atoms in total. The third-order valence-electron chi connectivity index (χ3n) is 6.31. The van der Waals surface area contributed by atoms with Gasteiger partial charge in [-0.3, -0.25) is 0 Å². The van der Waals surface area contributed by atoms with Gasteiger partial charge in [0, 0.05) is 0 Å². The van der Waals surface area contributed by atoms with Gasteiger partial charge in [-0.1, -0.05) is 76.6 Å². The van der Waals surface area contributed by atoms with Gasteiger partial charge in [-0.25, -0.2) is 0 Å². The monoisotopic (exact) mass is 442 g/mol. The third-order valence-corrected chi connectivity index (χ3v) is 6.31. The van der Waals surface area contributed by atoms with Crippen molar-refractivity contribution < 1.29 is 19.7 Å². The van der Waals surface area contributed by atoms with Crippen LogP contribution in [0.1, 0.15) is 90.2 Å². The van der Waals surface area contributed by atoms with Gasteiger partial charge in [-0.15, -0.1) is 0 Å². The molecule has 2 atom stereocenters. The van der Waals surface area contributed by atoms with Crippen molar-refractivity contribution in [2.24, 2.45) is 0 Å². The Morgan fingerprint density at radius 2 is 0.906 bits per heavy atom. The first-order valence-corrected chi connectivity index (χ1v) is 12.2. The SMILES string of the molecule is CCCCCCOc1ccc([C@@](C)(O)[C@](C)(O)c2ccc(OCCCCCC)cc2)cc1. The molecule has 0 aliphatic carbocycles. The van der Waals surface area contributed by atoms with E-state index in [0.29, 0.717) is 24.3 Å². The van der Waals surface area contributed by atoms with Crippen LogP contribution in [0.15, 0.2) is 48.5 Å². The van der Waals surface area contributed by atoms with Crippen molar-refractivity contribution in [2.45, 2.75) is 90.3 Å². The average molecular weight is 443 g/mol. The molecule has 0 heterocycles. The van der Waals surface area contributed by atoms with Crippen LogP contribution in [0.4, 0.5) is 0 Å². The third kappa shape index (κ3) is 7.25. The molecule has 0 aliphatic heterocycles. The normalized spacial score (nSPS) is 15.1. The van der Waals surface area contributed by atoms with Crippen LogP contribution in [-0.4, -0.2) is 23.4 Å². The molecule has 0 saturated carbocycles. The van der Waals surface area contributed by atoms with E-state index in [1.807, 2.05) is 48.5 Å². The summed E-state index contributed by atoms with van der Waals surface area (Å²) < 4.78 is 11.6. The van der Waals surface area contributed by atoms with Crippen molar-refractivity contribution in [2.75, 3.05) is 13.2 Å². The minimum Gasteiger partial charge on any atom is -0.494 e. The number of hydrogen-bond donors (Lipinski definition) is 2. The summed E-state index contributed by atoms with van der Waals surface area (Å²) in [5.74, 6) is 1.56. The van der Waals surface area contributed by atoms with Crippen LogP contribution in [0.3, 0.4) is 0 Å². The molecule has 0 aliphatic rings. The second-order valence-electron chi connectivity index (χ2n) is 9.01. The predicted molar refractivity (Wildman–Crippen MR) is 131 cm³/mol. The van der Waals surface area contributed by atoms with Crippen LogP contribution in [0.25, 0.3) is 0 Å². The van der Waals surface area contributed by atoms with Crippen LogP contribution in [0.5, 0.6) is 11.5 Å². The van der Waals surface area contributed by atoms with Gasteiger partial charge in [0.25, 0.3) is 0 Å². The first kappa shape index (κ1) is 26.2. The average Bonchev–Trinajstić information content (AvgIpc) is 2.79. The lowest BCUT2D eigenvalue weighted by Crippen LogP contribution is -2.45. The predicted octanol–water partition coefficient (Wildman–Crippen LogP) is 6.72. The van der Waals surface area contributed by atoms with E-state index in [4.69, 9.17) is 9.47 Å². The summed E-state index contributed by atoms with van der Waals surface area (Å²) in [6.07, 6.45) is 9.31. The maximum atomic E-state index is 11.3. The number of unbranched alkanes of at least 4 members (excludes halogenated alkanes) is 6. The first-order valence-electron chi connectivity index (χ1n) is 12.2. The number of rotatable bonds is 15. The Kier molecular flexibility index (Phi) is 10.5. The summed E-state index contributed by atoms with van der Waals surface area (Å²) >= 11 is 0. The standard InChI is InChI=1S/C28H42O4/c1-5-7-9-11-21-31-25-17-13-23(14-18-25)27(3,29)28(4,30)24-15-19-26(20-16-24)32-22-12-10-8-6-2/h13-20,29-30H,5-12,21-22H2,1-4H3/t27-,28-/m1/s1. The zero-order valence-electron chi connectivity index (χ0n) is 20.4. The van der Waals surface area contributed by atoms with Crippen LogP contribution in [-0.2, 0) is 11.2 Å². The molecule has 0 aromatic heterocycles. The molecule has 0 fully saturated rings. The van der Waals surface area contributed by atoms with Crippen LogP contribution >= 0.6 is 0 Å². The highest BCUT2D eigenvalue weighted by molar-refractivity contribution is 5.37. The summed E-state index contributed by atoms with van der Waals surface area (Å²) in [5.41, 5.74) is -1.68. The van der Waals surface area contributed by atoms with Crippen molar-refractivity contribution in [1.29, 1.82) is 0 Å². The summed E-state index contributed by atoms with van der Waals surface area (Å²) in [6, 6.07) is 14.7. The minimum atomic E-state index is -1.48. The van der Waals surface area contributed by atoms with Crippen LogP contribution in [0, 0.1) is 0 Å². The summed E-state index contributed by atoms with van der Waals surface area (Å²) in [5, 5.41) is 22.6. The van der Waals surface area contributed by atoms with Gasteiger partial charge >= 0.3 is 0 Å². The molecule has 2 aromatic carbocycles. The molecule has 0 spiro atoms. The molecule has 32 heavy (non-hydrogen) atoms. The van der Waals surface area contributed by atoms with Crippen molar-refractivity contribution in [3.63, 3.8) is 0 Å². The van der Waals surface area contributed by atoms with Gasteiger partial charge in [-0.05, 0) is 62.1 Å². The Bertz CT molecular complexity index is 696. The lowest BCUT2D eigenvalue weighted by Gasteiger charge is -2.39. The summed E-state index contributed by atoms with van der Waals surface area (Å²) in [7, 11) is 0. The molecule has 178 valence electrons. The number of benzene rings is 2. The van der Waals surface area contributed by atoms with Crippen LogP contribution in [0.2, 0.25) is 0 Å². The number of aliphatic hydroxyl groups is 2. The van der Waals surface area contributed by atoms with E-state index in [9.17, 15) is 10.2 Å². The Balaban J connectivity index is 1.98. The molecule has 2 rings (SSSR count). The molecule has 2 N–H and O–H groups in total. The van der Waals surface area contributed by atoms with E-state index < -0.39 is 11.2 Å². The maximum Gasteiger partial charge on any atom is 0.119 e. The van der Waals surface area contributed by atoms with Gasteiger partial charge in [0.1, 0.15) is 22.7 Å². The zero-order chi connectivity index (χ0) is 23.5. The largest absolute Gasteiger partial charge is 0.494 e. The quantitative estimate of drug-likeness (QED) is 0.301. The Morgan fingerprint density at radius 3 is 1.22 bits per heavy atom. The maximum absolute atomic E-state index is 11.3. The Hall–Kier alpha value is -2.04. The van der Waals surface area contributed by atoms with E-state index in [0.717, 1.165) is 24.3 Å². The first-order chi connectivity index (χ1) is 15.3. The fraction of sp³-hybridized carbons (Fsp3) is 0.571. The van der Waals surface area contributed by atoms with Crippen molar-refractivity contribution in [3.8, 4) is 11.5 Å². The van der Waals surface area contributed by atoms with E-state index >= 15 is 0 Å². The minimum absolute atomic E-state index is 0.636. The second-order valence-corrected chi connectivity index (χ2v) is 9.01. The molecule has 0 amide bonds. The Labute approximate surface area is 194 Å². The number of ether oxygens (including phenoxy) is 2. The van der Waals surface area contributed by atoms with E-state index in [-0.39, 0.29) is 0 Å². The van der Waals surface area contributed by atoms with Gasteiger partial charge in [-0.2, -0.15) is 0 Å². The Morgan fingerprint density at radius 1 is 0.562 bits per heavy atom. The van der Waals surface area contributed by atoms with E-state index in [1.165, 1.54) is 38.5 Å². The summed E-state index contributed by atoms with van der Waals surface area (Å²) in [4.78, 5) is 0. The highest BCUT2D eigenvalue weighted by atomic mass is 16.5. The van der Waals surface area contributed by atoms with Gasteiger partial charge in [0.05, 0.1) is 13.2 Å². The molecule has 0 radical (unpaired) electrons. The number of hydrogen-bond acceptors (Lipinski definition) is 4. The van der Waals surface area contributed by atoms with Crippen molar-refractivity contribution in [3.05, 3.63) is 59.7 Å². The molecular weight excluding hydrogens is 400 g/mol. The summed E-state index contributed by atoms with van der Waals surface area (Å²) in [6.45, 7) is 9.06. The van der Waals surface area contributed by atoms with E-state index in [2.05, 4.69) is 13.8 Å². The second kappa shape index (κ2) is 12.9. The van der Waals surface area contributed by atoms with Crippen LogP contribution < -0.4 is 9.47 Å². The molecular formula is C28H42O4. The lowest BCUT2D eigenvalue weighted by molar-refractivity contribution is -0.143. The fourth-order valence-corrected chi connectivity index (χ4v) is 3.75. The molecule has 2 aromatic rings. The van der Waals surface area contributed by atoms with Gasteiger partial charge in [0.15, 0.2) is 0 Å². The van der Waals surface area contributed by atoms with Crippen molar-refractivity contribution in [1.82, 2.24) is 0 Å². The van der Waals surface area contributed by atoms with E-state index in [1.54, 1.807) is 13.8 Å². The topological polar surface area (TPSA) is 58.9 Å². The molecule has 0 saturated heterocycles. The lowest BCUT2D eigenvalue weighted by atomic mass is 9.76. The fourth-order valence-electron chi connectivity index (χ4n) is 3.75.